The summed E-state index contributed by atoms with van der Waals surface area (Å²) < 4.78 is 0. The van der Waals surface area contributed by atoms with E-state index in [1.54, 1.807) is 18.6 Å². The first-order chi connectivity index (χ1) is 7.88. The van der Waals surface area contributed by atoms with Gasteiger partial charge in [-0.15, -0.1) is 0 Å². The lowest BCUT2D eigenvalue weighted by molar-refractivity contribution is 1.04. The molecule has 0 spiro atoms. The minimum Gasteiger partial charge on any atom is -0.365 e. The maximum atomic E-state index is 5.58. The number of anilines is 1. The van der Waals surface area contributed by atoms with Crippen LogP contribution >= 0.6 is 0 Å². The van der Waals surface area contributed by atoms with Gasteiger partial charge in [0.1, 0.15) is 5.82 Å². The molecule has 3 N–H and O–H groups in total. The van der Waals surface area contributed by atoms with Crippen LogP contribution in [0, 0.1) is 0 Å². The molecule has 0 aliphatic rings. The number of hydrogen-bond acceptors (Lipinski definition) is 4. The Morgan fingerprint density at radius 2 is 2.06 bits per heavy atom. The number of nitrogens with zero attached hydrogens (tertiary/aromatic N) is 2. The van der Waals surface area contributed by atoms with E-state index in [9.17, 15) is 0 Å². The van der Waals surface area contributed by atoms with Crippen LogP contribution in [0.25, 0.3) is 0 Å². The summed E-state index contributed by atoms with van der Waals surface area (Å²) in [6, 6.07) is 8.17. The topological polar surface area (TPSA) is 63.8 Å². The zero-order valence-electron chi connectivity index (χ0n) is 8.93. The lowest BCUT2D eigenvalue weighted by atomic mass is 10.1. The Bertz CT molecular complexity index is 442. The summed E-state index contributed by atoms with van der Waals surface area (Å²) >= 11 is 0. The third-order valence-electron chi connectivity index (χ3n) is 2.26. The SMILES string of the molecule is NCc1cccc(CNc2cnccn2)c1. The van der Waals surface area contributed by atoms with Crippen LogP contribution in [0.4, 0.5) is 5.82 Å². The highest BCUT2D eigenvalue weighted by Gasteiger charge is 1.96. The summed E-state index contributed by atoms with van der Waals surface area (Å²) in [4.78, 5) is 8.12. The van der Waals surface area contributed by atoms with E-state index in [1.807, 2.05) is 12.1 Å². The molecule has 1 aromatic heterocycles. The summed E-state index contributed by atoms with van der Waals surface area (Å²) in [5, 5.41) is 3.20. The van der Waals surface area contributed by atoms with E-state index in [4.69, 9.17) is 5.73 Å². The van der Waals surface area contributed by atoms with E-state index < -0.39 is 0 Å². The summed E-state index contributed by atoms with van der Waals surface area (Å²) in [6.07, 6.45) is 5.02. The molecule has 0 saturated heterocycles. The van der Waals surface area contributed by atoms with Crippen molar-refractivity contribution in [2.45, 2.75) is 13.1 Å². The van der Waals surface area contributed by atoms with Crippen molar-refractivity contribution in [2.24, 2.45) is 5.73 Å². The third kappa shape index (κ3) is 2.77. The van der Waals surface area contributed by atoms with Gasteiger partial charge in [0, 0.05) is 25.5 Å². The van der Waals surface area contributed by atoms with Crippen LogP contribution in [0.2, 0.25) is 0 Å². The van der Waals surface area contributed by atoms with Crippen LogP contribution in [0.5, 0.6) is 0 Å². The van der Waals surface area contributed by atoms with Crippen LogP contribution in [0.3, 0.4) is 0 Å². The maximum Gasteiger partial charge on any atom is 0.144 e. The molecule has 0 amide bonds. The molecule has 0 saturated carbocycles. The number of benzene rings is 1. The second-order valence-electron chi connectivity index (χ2n) is 3.47. The van der Waals surface area contributed by atoms with Gasteiger partial charge in [-0.2, -0.15) is 0 Å². The molecule has 82 valence electrons. The average molecular weight is 214 g/mol. The van der Waals surface area contributed by atoms with Crippen molar-refractivity contribution in [2.75, 3.05) is 5.32 Å². The van der Waals surface area contributed by atoms with Crippen molar-refractivity contribution >= 4 is 5.82 Å². The summed E-state index contributed by atoms with van der Waals surface area (Å²) in [5.74, 6) is 0.778. The molecule has 2 aromatic rings. The summed E-state index contributed by atoms with van der Waals surface area (Å²) in [6.45, 7) is 1.30. The van der Waals surface area contributed by atoms with Gasteiger partial charge < -0.3 is 11.1 Å². The molecule has 1 aromatic carbocycles. The molecule has 0 atom stereocenters. The van der Waals surface area contributed by atoms with Gasteiger partial charge in [0.25, 0.3) is 0 Å². The predicted octanol–water partition coefficient (Wildman–Crippen LogP) is 1.55. The third-order valence-corrected chi connectivity index (χ3v) is 2.26. The number of nitrogens with one attached hydrogen (secondary N) is 1. The molecule has 0 aliphatic heterocycles. The minimum absolute atomic E-state index is 0.568. The minimum atomic E-state index is 0.568. The first-order valence-corrected chi connectivity index (χ1v) is 5.16. The smallest absolute Gasteiger partial charge is 0.144 e. The molecule has 0 fully saturated rings. The molecule has 1 heterocycles. The predicted molar refractivity (Wildman–Crippen MR) is 63.7 cm³/mol. The van der Waals surface area contributed by atoms with Crippen molar-refractivity contribution in [3.8, 4) is 0 Å². The molecular formula is C12H14N4. The first-order valence-electron chi connectivity index (χ1n) is 5.16. The van der Waals surface area contributed by atoms with E-state index in [2.05, 4.69) is 27.4 Å². The van der Waals surface area contributed by atoms with E-state index >= 15 is 0 Å². The molecule has 2 rings (SSSR count). The van der Waals surface area contributed by atoms with Gasteiger partial charge in [-0.1, -0.05) is 24.3 Å². The molecule has 0 unspecified atom stereocenters. The molecule has 0 bridgehead atoms. The highest BCUT2D eigenvalue weighted by atomic mass is 15.0. The van der Waals surface area contributed by atoms with Gasteiger partial charge in [-0.3, -0.25) is 4.98 Å². The Labute approximate surface area is 94.5 Å². The van der Waals surface area contributed by atoms with Crippen LogP contribution in [-0.2, 0) is 13.1 Å². The second kappa shape index (κ2) is 5.23. The second-order valence-corrected chi connectivity index (χ2v) is 3.47. The van der Waals surface area contributed by atoms with Crippen LogP contribution < -0.4 is 11.1 Å². The lowest BCUT2D eigenvalue weighted by Gasteiger charge is -2.06. The van der Waals surface area contributed by atoms with Gasteiger partial charge in [0.2, 0.25) is 0 Å². The Morgan fingerprint density at radius 3 is 2.81 bits per heavy atom. The zero-order chi connectivity index (χ0) is 11.2. The molecular weight excluding hydrogens is 200 g/mol. The molecule has 0 aliphatic carbocycles. The Kier molecular flexibility index (Phi) is 3.46. The van der Waals surface area contributed by atoms with Crippen molar-refractivity contribution in [3.63, 3.8) is 0 Å². The van der Waals surface area contributed by atoms with Crippen molar-refractivity contribution < 1.29 is 0 Å². The van der Waals surface area contributed by atoms with Crippen LogP contribution in [0.15, 0.2) is 42.9 Å². The molecule has 16 heavy (non-hydrogen) atoms. The standard InChI is InChI=1S/C12H14N4/c13-7-10-2-1-3-11(6-10)8-16-12-9-14-4-5-15-12/h1-6,9H,7-8,13H2,(H,15,16). The summed E-state index contributed by atoms with van der Waals surface area (Å²) in [5.41, 5.74) is 7.91. The van der Waals surface area contributed by atoms with Crippen molar-refractivity contribution in [3.05, 3.63) is 54.0 Å². The van der Waals surface area contributed by atoms with Crippen molar-refractivity contribution in [1.29, 1.82) is 0 Å². The molecule has 4 heteroatoms. The van der Waals surface area contributed by atoms with E-state index in [0.717, 1.165) is 17.9 Å². The number of aromatic nitrogens is 2. The van der Waals surface area contributed by atoms with Gasteiger partial charge in [0.15, 0.2) is 0 Å². The fourth-order valence-electron chi connectivity index (χ4n) is 1.45. The largest absolute Gasteiger partial charge is 0.365 e. The quantitative estimate of drug-likeness (QED) is 0.810. The van der Waals surface area contributed by atoms with E-state index in [-0.39, 0.29) is 0 Å². The number of rotatable bonds is 4. The highest BCUT2D eigenvalue weighted by Crippen LogP contribution is 2.07. The monoisotopic (exact) mass is 214 g/mol. The zero-order valence-corrected chi connectivity index (χ0v) is 8.93. The van der Waals surface area contributed by atoms with Gasteiger partial charge in [0.05, 0.1) is 6.20 Å². The van der Waals surface area contributed by atoms with Crippen LogP contribution in [0.1, 0.15) is 11.1 Å². The maximum absolute atomic E-state index is 5.58. The van der Waals surface area contributed by atoms with Gasteiger partial charge >= 0.3 is 0 Å². The lowest BCUT2D eigenvalue weighted by Crippen LogP contribution is -2.03. The van der Waals surface area contributed by atoms with Gasteiger partial charge in [-0.05, 0) is 11.1 Å². The number of hydrogen-bond donors (Lipinski definition) is 2. The average Bonchev–Trinajstić information content (AvgIpc) is 2.38. The first kappa shape index (κ1) is 10.6. The Hall–Kier alpha value is -1.94. The van der Waals surface area contributed by atoms with E-state index in [1.165, 1.54) is 5.56 Å². The number of nitrogens with two attached hydrogens (primary N) is 1. The fraction of sp³-hybridized carbons (Fsp3) is 0.167. The van der Waals surface area contributed by atoms with Crippen LogP contribution in [-0.4, -0.2) is 9.97 Å². The molecule has 0 radical (unpaired) electrons. The van der Waals surface area contributed by atoms with Gasteiger partial charge in [-0.25, -0.2) is 4.98 Å². The fourth-order valence-corrected chi connectivity index (χ4v) is 1.45. The summed E-state index contributed by atoms with van der Waals surface area (Å²) in [7, 11) is 0. The highest BCUT2D eigenvalue weighted by molar-refractivity contribution is 5.33. The van der Waals surface area contributed by atoms with E-state index in [0.29, 0.717) is 6.54 Å². The Morgan fingerprint density at radius 1 is 1.19 bits per heavy atom. The normalized spacial score (nSPS) is 10.1. The Balaban J connectivity index is 1.99. The van der Waals surface area contributed by atoms with Crippen molar-refractivity contribution in [1.82, 2.24) is 9.97 Å². The molecule has 4 nitrogen and oxygen atoms in total.